The summed E-state index contributed by atoms with van der Waals surface area (Å²) in [6.07, 6.45) is 11.3. The number of furan rings is 1. The topological polar surface area (TPSA) is 139 Å². The number of hydrogen-bond donors (Lipinski definition) is 2. The lowest BCUT2D eigenvalue weighted by atomic mass is 9.69. The molecule has 3 amide bonds. The van der Waals surface area contributed by atoms with E-state index in [1.165, 1.54) is 25.5 Å². The average Bonchev–Trinajstić information content (AvgIpc) is 3.56. The van der Waals surface area contributed by atoms with Gasteiger partial charge in [-0.2, -0.15) is 0 Å². The summed E-state index contributed by atoms with van der Waals surface area (Å²) in [5.74, 6) is 0.825. The Hall–Kier alpha value is -3.93. The largest absolute Gasteiger partial charge is 0.459 e. The zero-order valence-corrected chi connectivity index (χ0v) is 30.5. The molecule has 12 heteroatoms. The van der Waals surface area contributed by atoms with Crippen molar-refractivity contribution in [2.45, 2.75) is 123 Å². The second kappa shape index (κ2) is 16.7. The van der Waals surface area contributed by atoms with Crippen molar-refractivity contribution in [1.82, 2.24) is 20.5 Å². The van der Waals surface area contributed by atoms with Crippen LogP contribution < -0.4 is 15.5 Å². The van der Waals surface area contributed by atoms with Crippen LogP contribution in [0.25, 0.3) is 0 Å². The number of likely N-dealkylation sites (tertiary alicyclic amines) is 1. The molecule has 4 rings (SSSR count). The number of nitrogens with zero attached hydrogens (tertiary/aromatic N) is 4. The van der Waals surface area contributed by atoms with Crippen LogP contribution in [0.15, 0.2) is 46.1 Å². The lowest BCUT2D eigenvalue weighted by Crippen LogP contribution is -2.48. The summed E-state index contributed by atoms with van der Waals surface area (Å²) in [6, 6.07) is 7.36. The van der Waals surface area contributed by atoms with Crippen LogP contribution in [0, 0.1) is 12.3 Å². The highest BCUT2D eigenvalue weighted by Gasteiger charge is 2.35. The van der Waals surface area contributed by atoms with Gasteiger partial charge in [-0.05, 0) is 123 Å². The molecule has 0 aromatic carbocycles. The van der Waals surface area contributed by atoms with Crippen LogP contribution in [0.2, 0.25) is 0 Å². The summed E-state index contributed by atoms with van der Waals surface area (Å²) in [5, 5.41) is 5.79. The highest BCUT2D eigenvalue weighted by atomic mass is 16.6. The van der Waals surface area contributed by atoms with Gasteiger partial charge in [0.15, 0.2) is 5.76 Å². The van der Waals surface area contributed by atoms with E-state index >= 15 is 0 Å². The molecule has 2 aromatic heterocycles. The van der Waals surface area contributed by atoms with E-state index in [1.807, 2.05) is 24.0 Å². The molecule has 0 radical (unpaired) electrons. The molecule has 0 atom stereocenters. The van der Waals surface area contributed by atoms with Crippen LogP contribution in [-0.4, -0.2) is 77.4 Å². The summed E-state index contributed by atoms with van der Waals surface area (Å²) in [5.41, 5.74) is -0.241. The maximum atomic E-state index is 13.5. The number of rotatable bonds is 9. The zero-order valence-electron chi connectivity index (χ0n) is 30.5. The first-order valence-corrected chi connectivity index (χ1v) is 17.7. The minimum atomic E-state index is -0.788. The lowest BCUT2D eigenvalue weighted by molar-refractivity contribution is 0.0560. The summed E-state index contributed by atoms with van der Waals surface area (Å²) in [6.45, 7) is 15.9. The van der Waals surface area contributed by atoms with E-state index in [-0.39, 0.29) is 23.3 Å². The molecule has 3 heterocycles. The molecule has 1 aliphatic heterocycles. The Bertz CT molecular complexity index is 1400. The third-order valence-corrected chi connectivity index (χ3v) is 9.05. The van der Waals surface area contributed by atoms with E-state index in [4.69, 9.17) is 13.9 Å². The van der Waals surface area contributed by atoms with E-state index in [0.29, 0.717) is 18.1 Å². The number of ether oxygens (including phenoxy) is 2. The van der Waals surface area contributed by atoms with Crippen LogP contribution in [-0.2, 0) is 9.47 Å². The minimum Gasteiger partial charge on any atom is -0.459 e. The summed E-state index contributed by atoms with van der Waals surface area (Å²) in [7, 11) is 0. The summed E-state index contributed by atoms with van der Waals surface area (Å²) < 4.78 is 16.2. The molecule has 0 spiro atoms. The van der Waals surface area contributed by atoms with E-state index in [2.05, 4.69) is 25.5 Å². The van der Waals surface area contributed by atoms with Crippen molar-refractivity contribution in [1.29, 1.82) is 0 Å². The van der Waals surface area contributed by atoms with E-state index in [0.717, 1.165) is 63.7 Å². The molecular weight excluding hydrogens is 624 g/mol. The van der Waals surface area contributed by atoms with Gasteiger partial charge in [0, 0.05) is 31.9 Å². The first-order chi connectivity index (χ1) is 23.1. The number of alkyl carbamates (subject to hydrolysis) is 1. The monoisotopic (exact) mass is 680 g/mol. The smallest absolute Gasteiger partial charge is 0.437 e. The zero-order chi connectivity index (χ0) is 35.7. The number of nitrogens with one attached hydrogen (secondary N) is 2. The van der Waals surface area contributed by atoms with Crippen molar-refractivity contribution in [3.8, 4) is 0 Å². The molecule has 2 fully saturated rings. The van der Waals surface area contributed by atoms with Crippen molar-refractivity contribution in [2.75, 3.05) is 31.1 Å². The molecule has 270 valence electrons. The van der Waals surface area contributed by atoms with Gasteiger partial charge in [-0.15, -0.1) is 4.99 Å². The Morgan fingerprint density at radius 1 is 1.00 bits per heavy atom. The van der Waals surface area contributed by atoms with Crippen molar-refractivity contribution in [3.05, 3.63) is 48.0 Å². The van der Waals surface area contributed by atoms with E-state index in [1.54, 1.807) is 59.9 Å². The number of pyridine rings is 1. The molecule has 2 N–H and O–H groups in total. The second-order valence-corrected chi connectivity index (χ2v) is 15.5. The molecule has 0 bridgehead atoms. The Balaban J connectivity index is 1.36. The summed E-state index contributed by atoms with van der Waals surface area (Å²) in [4.78, 5) is 51.6. The molecule has 1 aliphatic carbocycles. The standard InChI is InChI=1S/C37H56N6O6/c1-27-13-14-30(39-26-27)43(31(44)29-12-11-25-47-29)28-15-22-42(23-16-28)24-20-37(17-9-8-10-18-37)19-21-38-32(40-33(45)48-35(2,3)4)41-34(46)49-36(5,6)7/h11-14,25-26,28H,8-10,15-24H2,1-7H3,(H2,38,40,41,45,46). The number of carbonyl (C=O) groups excluding carboxylic acids is 3. The van der Waals surface area contributed by atoms with Crippen molar-refractivity contribution in [3.63, 3.8) is 0 Å². The Labute approximate surface area is 291 Å². The predicted octanol–water partition coefficient (Wildman–Crippen LogP) is 7.23. The van der Waals surface area contributed by atoms with Gasteiger partial charge < -0.3 is 24.1 Å². The van der Waals surface area contributed by atoms with Gasteiger partial charge >= 0.3 is 12.2 Å². The number of aliphatic imine (C=N–C) groups is 1. The minimum absolute atomic E-state index is 0.0215. The Morgan fingerprint density at radius 2 is 1.69 bits per heavy atom. The number of amides is 3. The molecule has 2 aromatic rings. The Morgan fingerprint density at radius 3 is 2.29 bits per heavy atom. The highest BCUT2D eigenvalue weighted by Crippen LogP contribution is 2.42. The SMILES string of the molecule is Cc1ccc(N(C(=O)c2ccco2)C2CCN(CCC3(CCN/C(=N/C(=O)OC(C)(C)C)NC(=O)OC(C)(C)C)CCCCC3)CC2)nc1. The predicted molar refractivity (Wildman–Crippen MR) is 190 cm³/mol. The van der Waals surface area contributed by atoms with Gasteiger partial charge in [0.25, 0.3) is 5.91 Å². The Kier molecular flexibility index (Phi) is 12.9. The maximum absolute atomic E-state index is 13.5. The quantitative estimate of drug-likeness (QED) is 0.207. The third kappa shape index (κ3) is 12.2. The molecule has 0 unspecified atom stereocenters. The fourth-order valence-electron chi connectivity index (χ4n) is 6.64. The fourth-order valence-corrected chi connectivity index (χ4v) is 6.64. The van der Waals surface area contributed by atoms with Crippen LogP contribution in [0.1, 0.15) is 115 Å². The van der Waals surface area contributed by atoms with Crippen LogP contribution in [0.5, 0.6) is 0 Å². The molecule has 12 nitrogen and oxygen atoms in total. The van der Waals surface area contributed by atoms with Crippen molar-refractivity contribution in [2.24, 2.45) is 10.4 Å². The van der Waals surface area contributed by atoms with E-state index in [9.17, 15) is 14.4 Å². The first-order valence-electron chi connectivity index (χ1n) is 17.7. The van der Waals surface area contributed by atoms with Gasteiger partial charge in [0.05, 0.1) is 6.26 Å². The fraction of sp³-hybridized carbons (Fsp3) is 0.649. The van der Waals surface area contributed by atoms with Crippen LogP contribution >= 0.6 is 0 Å². The van der Waals surface area contributed by atoms with Crippen LogP contribution in [0.3, 0.4) is 0 Å². The number of carbonyl (C=O) groups is 3. The van der Waals surface area contributed by atoms with Crippen molar-refractivity contribution < 1.29 is 28.3 Å². The highest BCUT2D eigenvalue weighted by molar-refractivity contribution is 6.04. The van der Waals surface area contributed by atoms with Gasteiger partial charge in [-0.25, -0.2) is 14.6 Å². The second-order valence-electron chi connectivity index (χ2n) is 15.5. The lowest BCUT2D eigenvalue weighted by Gasteiger charge is -2.41. The number of piperidine rings is 1. The number of aryl methyl sites for hydroxylation is 1. The third-order valence-electron chi connectivity index (χ3n) is 9.05. The normalized spacial score (nSPS) is 17.7. The van der Waals surface area contributed by atoms with Crippen LogP contribution in [0.4, 0.5) is 15.4 Å². The number of aromatic nitrogens is 1. The van der Waals surface area contributed by atoms with E-state index < -0.39 is 23.4 Å². The van der Waals surface area contributed by atoms with Crippen molar-refractivity contribution >= 4 is 29.9 Å². The van der Waals surface area contributed by atoms with Gasteiger partial charge in [0.2, 0.25) is 5.96 Å². The molecule has 1 saturated carbocycles. The molecular formula is C37H56N6O6. The molecule has 49 heavy (non-hydrogen) atoms. The van der Waals surface area contributed by atoms with Gasteiger partial charge in [-0.3, -0.25) is 15.0 Å². The molecule has 1 saturated heterocycles. The number of anilines is 1. The van der Waals surface area contributed by atoms with Gasteiger partial charge in [-0.1, -0.05) is 25.3 Å². The maximum Gasteiger partial charge on any atom is 0.437 e. The molecule has 2 aliphatic rings. The number of hydrogen-bond acceptors (Lipinski definition) is 8. The first kappa shape index (κ1) is 37.9. The number of guanidine groups is 1. The van der Waals surface area contributed by atoms with Gasteiger partial charge in [0.1, 0.15) is 17.0 Å². The average molecular weight is 681 g/mol. The summed E-state index contributed by atoms with van der Waals surface area (Å²) >= 11 is 0.